The van der Waals surface area contributed by atoms with Crippen LogP contribution in [0, 0.1) is 11.5 Å². The molecule has 2 aromatic rings. The summed E-state index contributed by atoms with van der Waals surface area (Å²) >= 11 is 0. The second-order valence-corrected chi connectivity index (χ2v) is 12.1. The number of hydrogen-bond donors (Lipinski definition) is 1. The SMILES string of the molecule is CCC(c1ccccc1)C(O)(C#C[Si](C)(C)C)c1ccc(OC)cc1. The van der Waals surface area contributed by atoms with Crippen molar-refractivity contribution in [1.82, 2.24) is 0 Å². The Labute approximate surface area is 152 Å². The molecule has 2 atom stereocenters. The molecule has 0 radical (unpaired) electrons. The van der Waals surface area contributed by atoms with Crippen LogP contribution in [0.3, 0.4) is 0 Å². The Bertz CT molecular complexity index is 736. The molecule has 0 aliphatic rings. The predicted molar refractivity (Wildman–Crippen MR) is 107 cm³/mol. The van der Waals surface area contributed by atoms with Crippen LogP contribution in [0.15, 0.2) is 54.6 Å². The Morgan fingerprint density at radius 1 is 1.04 bits per heavy atom. The number of methoxy groups -OCH3 is 1. The normalized spacial score (nSPS) is 14.8. The van der Waals surface area contributed by atoms with Gasteiger partial charge < -0.3 is 9.84 Å². The predicted octanol–water partition coefficient (Wildman–Crippen LogP) is 4.96. The lowest BCUT2D eigenvalue weighted by Crippen LogP contribution is -2.33. The van der Waals surface area contributed by atoms with Crippen molar-refractivity contribution in [2.24, 2.45) is 0 Å². The molecule has 2 rings (SSSR count). The molecule has 2 nitrogen and oxygen atoms in total. The molecule has 3 heteroatoms. The molecule has 0 aliphatic heterocycles. The second-order valence-electron chi connectivity index (χ2n) is 7.37. The van der Waals surface area contributed by atoms with E-state index in [0.29, 0.717) is 0 Å². The minimum absolute atomic E-state index is 0.0917. The zero-order valence-electron chi connectivity index (χ0n) is 15.8. The summed E-state index contributed by atoms with van der Waals surface area (Å²) in [5.74, 6) is 3.95. The molecule has 0 amide bonds. The van der Waals surface area contributed by atoms with Gasteiger partial charge in [-0.05, 0) is 29.7 Å². The van der Waals surface area contributed by atoms with Crippen molar-refractivity contribution >= 4 is 8.07 Å². The first-order chi connectivity index (χ1) is 11.8. The molecule has 0 heterocycles. The third kappa shape index (κ3) is 4.75. The first kappa shape index (κ1) is 19.3. The lowest BCUT2D eigenvalue weighted by molar-refractivity contribution is 0.0664. The van der Waals surface area contributed by atoms with Gasteiger partial charge in [0.1, 0.15) is 13.8 Å². The number of benzene rings is 2. The van der Waals surface area contributed by atoms with E-state index in [1.54, 1.807) is 7.11 Å². The van der Waals surface area contributed by atoms with Crippen LogP contribution in [0.1, 0.15) is 30.4 Å². The molecule has 0 aliphatic carbocycles. The summed E-state index contributed by atoms with van der Waals surface area (Å²) in [6, 6.07) is 17.8. The monoisotopic (exact) mass is 352 g/mol. The van der Waals surface area contributed by atoms with E-state index >= 15 is 0 Å². The summed E-state index contributed by atoms with van der Waals surface area (Å²) < 4.78 is 5.26. The van der Waals surface area contributed by atoms with Gasteiger partial charge in [-0.3, -0.25) is 0 Å². The van der Waals surface area contributed by atoms with Crippen molar-refractivity contribution < 1.29 is 9.84 Å². The quantitative estimate of drug-likeness (QED) is 0.609. The molecule has 25 heavy (non-hydrogen) atoms. The van der Waals surface area contributed by atoms with Crippen molar-refractivity contribution in [3.05, 3.63) is 65.7 Å². The maximum absolute atomic E-state index is 11.7. The van der Waals surface area contributed by atoms with Gasteiger partial charge in [0.25, 0.3) is 0 Å². The average Bonchev–Trinajstić information content (AvgIpc) is 2.61. The van der Waals surface area contributed by atoms with Gasteiger partial charge in [0.2, 0.25) is 0 Å². The van der Waals surface area contributed by atoms with Crippen LogP contribution in [-0.4, -0.2) is 20.3 Å². The van der Waals surface area contributed by atoms with Gasteiger partial charge in [0, 0.05) is 5.92 Å². The Morgan fingerprint density at radius 2 is 1.64 bits per heavy atom. The fourth-order valence-electron chi connectivity index (χ4n) is 2.95. The third-order valence-electron chi connectivity index (χ3n) is 4.27. The average molecular weight is 353 g/mol. The smallest absolute Gasteiger partial charge is 0.157 e. The van der Waals surface area contributed by atoms with Crippen molar-refractivity contribution in [2.75, 3.05) is 7.11 Å². The van der Waals surface area contributed by atoms with Crippen LogP contribution in [-0.2, 0) is 5.60 Å². The molecular weight excluding hydrogens is 324 g/mol. The highest BCUT2D eigenvalue weighted by Crippen LogP contribution is 2.39. The minimum atomic E-state index is -1.62. The molecule has 0 fully saturated rings. The second kappa shape index (κ2) is 7.90. The lowest BCUT2D eigenvalue weighted by atomic mass is 9.76. The number of rotatable bonds is 5. The topological polar surface area (TPSA) is 29.5 Å². The lowest BCUT2D eigenvalue weighted by Gasteiger charge is -2.33. The van der Waals surface area contributed by atoms with E-state index in [9.17, 15) is 5.11 Å². The third-order valence-corrected chi connectivity index (χ3v) is 5.15. The van der Waals surface area contributed by atoms with Crippen LogP contribution < -0.4 is 4.74 Å². The molecule has 0 saturated heterocycles. The van der Waals surface area contributed by atoms with E-state index < -0.39 is 13.7 Å². The Morgan fingerprint density at radius 3 is 2.12 bits per heavy atom. The van der Waals surface area contributed by atoms with Crippen molar-refractivity contribution in [3.63, 3.8) is 0 Å². The van der Waals surface area contributed by atoms with E-state index in [4.69, 9.17) is 4.74 Å². The minimum Gasteiger partial charge on any atom is -0.497 e. The Hall–Kier alpha value is -2.02. The van der Waals surface area contributed by atoms with E-state index in [1.807, 2.05) is 42.5 Å². The summed E-state index contributed by atoms with van der Waals surface area (Å²) in [5, 5.41) is 11.7. The Balaban J connectivity index is 2.59. The zero-order chi connectivity index (χ0) is 18.5. The zero-order valence-corrected chi connectivity index (χ0v) is 16.8. The fraction of sp³-hybridized carbons (Fsp3) is 0.364. The molecule has 0 aromatic heterocycles. The van der Waals surface area contributed by atoms with Gasteiger partial charge in [-0.15, -0.1) is 5.54 Å². The van der Waals surface area contributed by atoms with E-state index in [1.165, 1.54) is 0 Å². The van der Waals surface area contributed by atoms with Gasteiger partial charge in [-0.1, -0.05) is 74.9 Å². The van der Waals surface area contributed by atoms with Gasteiger partial charge in [-0.2, -0.15) is 0 Å². The highest BCUT2D eigenvalue weighted by molar-refractivity contribution is 6.83. The molecular formula is C22H28O2Si. The summed E-state index contributed by atoms with van der Waals surface area (Å²) in [4.78, 5) is 0. The van der Waals surface area contributed by atoms with E-state index in [-0.39, 0.29) is 5.92 Å². The van der Waals surface area contributed by atoms with E-state index in [0.717, 1.165) is 23.3 Å². The molecule has 132 valence electrons. The van der Waals surface area contributed by atoms with Crippen molar-refractivity contribution in [1.29, 1.82) is 0 Å². The molecule has 0 bridgehead atoms. The van der Waals surface area contributed by atoms with Crippen molar-refractivity contribution in [2.45, 2.75) is 44.5 Å². The summed E-state index contributed by atoms with van der Waals surface area (Å²) in [7, 11) is 0.0208. The van der Waals surface area contributed by atoms with Crippen molar-refractivity contribution in [3.8, 4) is 17.2 Å². The molecule has 1 N–H and O–H groups in total. The van der Waals surface area contributed by atoms with E-state index in [2.05, 4.69) is 50.2 Å². The fourth-order valence-corrected chi connectivity index (χ4v) is 3.51. The molecule has 0 spiro atoms. The molecule has 2 unspecified atom stereocenters. The Kier molecular flexibility index (Phi) is 6.10. The largest absolute Gasteiger partial charge is 0.497 e. The molecule has 0 saturated carbocycles. The van der Waals surface area contributed by atoms with Gasteiger partial charge in [0.05, 0.1) is 7.11 Å². The molecule has 2 aromatic carbocycles. The summed E-state index contributed by atoms with van der Waals surface area (Å²) in [6.45, 7) is 8.68. The summed E-state index contributed by atoms with van der Waals surface area (Å²) in [6.07, 6.45) is 0.799. The van der Waals surface area contributed by atoms with Gasteiger partial charge in [-0.25, -0.2) is 0 Å². The number of ether oxygens (including phenoxy) is 1. The first-order valence-corrected chi connectivity index (χ1v) is 12.3. The van der Waals surface area contributed by atoms with Crippen LogP contribution >= 0.6 is 0 Å². The maximum Gasteiger partial charge on any atom is 0.157 e. The van der Waals surface area contributed by atoms with Gasteiger partial charge in [0.15, 0.2) is 5.60 Å². The standard InChI is InChI=1S/C22H28O2Si/c1-6-21(18-10-8-7-9-11-18)22(23,16-17-25(3,4)5)19-12-14-20(24-2)15-13-19/h7-15,21,23H,6H2,1-5H3. The first-order valence-electron chi connectivity index (χ1n) is 8.76. The van der Waals surface area contributed by atoms with Crippen LogP contribution in [0.5, 0.6) is 5.75 Å². The van der Waals surface area contributed by atoms with Crippen LogP contribution in [0.4, 0.5) is 0 Å². The number of hydrogen-bond acceptors (Lipinski definition) is 2. The number of aliphatic hydroxyl groups is 1. The highest BCUT2D eigenvalue weighted by Gasteiger charge is 2.37. The van der Waals surface area contributed by atoms with Crippen LogP contribution in [0.25, 0.3) is 0 Å². The van der Waals surface area contributed by atoms with Gasteiger partial charge >= 0.3 is 0 Å². The maximum atomic E-state index is 11.7. The van der Waals surface area contributed by atoms with Crippen LogP contribution in [0.2, 0.25) is 19.6 Å². The summed E-state index contributed by atoms with van der Waals surface area (Å²) in [5.41, 5.74) is 4.08. The highest BCUT2D eigenvalue weighted by atomic mass is 28.3.